The number of halogens is 3. The van der Waals surface area contributed by atoms with Crippen LogP contribution in [0.25, 0.3) is 5.57 Å². The van der Waals surface area contributed by atoms with Crippen LogP contribution in [0.2, 0.25) is 0 Å². The molecule has 0 amide bonds. The fraction of sp³-hybridized carbons (Fsp3) is 0.143. The van der Waals surface area contributed by atoms with Crippen LogP contribution >= 0.6 is 0 Å². The first kappa shape index (κ1) is 20.1. The lowest BCUT2D eigenvalue weighted by molar-refractivity contribution is -0.144. The zero-order valence-corrected chi connectivity index (χ0v) is 16.0. The minimum atomic E-state index is -5.07. The zero-order chi connectivity index (χ0) is 21.7. The summed E-state index contributed by atoms with van der Waals surface area (Å²) >= 11 is 0. The summed E-state index contributed by atoms with van der Waals surface area (Å²) in [7, 11) is -4.28. The van der Waals surface area contributed by atoms with Gasteiger partial charge in [0.15, 0.2) is 0 Å². The van der Waals surface area contributed by atoms with E-state index in [9.17, 15) is 31.2 Å². The zero-order valence-electron chi connectivity index (χ0n) is 15.2. The van der Waals surface area contributed by atoms with Crippen LogP contribution in [-0.2, 0) is 19.6 Å². The lowest BCUT2D eigenvalue weighted by atomic mass is 9.79. The molecule has 0 saturated heterocycles. The molecule has 5 nitrogen and oxygen atoms in total. The van der Waals surface area contributed by atoms with Crippen LogP contribution in [0.1, 0.15) is 5.56 Å². The molecule has 0 saturated carbocycles. The Bertz CT molecular complexity index is 1190. The number of hydrogen-bond acceptors (Lipinski definition) is 4. The Morgan fingerprint density at radius 3 is 2.00 bits per heavy atom. The summed E-state index contributed by atoms with van der Waals surface area (Å²) in [4.78, 5) is 24.8. The third-order valence-electron chi connectivity index (χ3n) is 5.06. The fourth-order valence-corrected chi connectivity index (χ4v) is 5.17. The molecule has 0 aromatic heterocycles. The average Bonchev–Trinajstić information content (AvgIpc) is 3.12. The molecule has 1 aliphatic carbocycles. The number of ketones is 2. The van der Waals surface area contributed by atoms with E-state index in [0.717, 1.165) is 10.5 Å². The first-order valence-corrected chi connectivity index (χ1v) is 10.3. The summed E-state index contributed by atoms with van der Waals surface area (Å²) in [6.45, 7) is 0. The molecule has 4 rings (SSSR count). The summed E-state index contributed by atoms with van der Waals surface area (Å²) in [5.74, 6) is -4.30. The van der Waals surface area contributed by atoms with Crippen LogP contribution in [0.3, 0.4) is 0 Å². The molecule has 1 aliphatic heterocycles. The third kappa shape index (κ3) is 3.15. The molecule has 2 aliphatic rings. The van der Waals surface area contributed by atoms with E-state index in [-0.39, 0.29) is 10.5 Å². The number of fused-ring (bicyclic) bond motifs is 1. The van der Waals surface area contributed by atoms with Gasteiger partial charge >= 0.3 is 6.18 Å². The van der Waals surface area contributed by atoms with Crippen LogP contribution in [0.4, 0.5) is 13.2 Å². The number of allylic oxidation sites excluding steroid dienone is 1. The molecule has 0 bridgehead atoms. The number of benzene rings is 2. The van der Waals surface area contributed by atoms with Crippen LogP contribution in [-0.4, -0.2) is 36.5 Å². The number of alkyl halides is 3. The molecular formula is C21H14F3NO4S. The quantitative estimate of drug-likeness (QED) is 0.696. The number of Topliss-reactive ketones (excluding diaryl/α,β-unsaturated/α-hetero) is 2. The third-order valence-corrected chi connectivity index (χ3v) is 6.83. The maximum atomic E-state index is 13.4. The number of hydrogen-bond donors (Lipinski definition) is 0. The Kier molecular flexibility index (Phi) is 4.65. The molecule has 2 unspecified atom stereocenters. The lowest BCUT2D eigenvalue weighted by Crippen LogP contribution is -2.46. The standard InChI is InChI=1S/C21H14F3NO4S/c22-21(23,24)16-11-17-18(20(27)19(16)26)15(13-7-3-1-4-8-13)12-25(17)30(28,29)14-9-5-2-6-10-14/h1-12,17-18H. The largest absolute Gasteiger partial charge is 0.420 e. The SMILES string of the molecule is O=C1C(=O)C2C(c3ccccc3)=CN(S(=O)(=O)c3ccccc3)C2C=C1C(F)(F)F. The summed E-state index contributed by atoms with van der Waals surface area (Å²) in [5, 5.41) is 0. The van der Waals surface area contributed by atoms with Gasteiger partial charge < -0.3 is 0 Å². The van der Waals surface area contributed by atoms with E-state index >= 15 is 0 Å². The van der Waals surface area contributed by atoms with Crippen molar-refractivity contribution in [3.05, 3.63) is 84.1 Å². The van der Waals surface area contributed by atoms with Crippen molar-refractivity contribution in [2.45, 2.75) is 17.1 Å². The Labute approximate surface area is 170 Å². The van der Waals surface area contributed by atoms with Crippen molar-refractivity contribution in [3.63, 3.8) is 0 Å². The first-order chi connectivity index (χ1) is 14.1. The summed E-state index contributed by atoms with van der Waals surface area (Å²) in [6.07, 6.45) is -3.38. The van der Waals surface area contributed by atoms with Crippen molar-refractivity contribution in [2.75, 3.05) is 0 Å². The van der Waals surface area contributed by atoms with Crippen LogP contribution < -0.4 is 0 Å². The maximum Gasteiger partial charge on any atom is 0.420 e. The topological polar surface area (TPSA) is 71.5 Å². The van der Waals surface area contributed by atoms with E-state index in [0.29, 0.717) is 11.6 Å². The van der Waals surface area contributed by atoms with E-state index in [2.05, 4.69) is 0 Å². The van der Waals surface area contributed by atoms with Gasteiger partial charge in [0.1, 0.15) is 5.57 Å². The highest BCUT2D eigenvalue weighted by Gasteiger charge is 2.54. The molecular weight excluding hydrogens is 419 g/mol. The van der Waals surface area contributed by atoms with Gasteiger partial charge in [-0.2, -0.15) is 13.2 Å². The van der Waals surface area contributed by atoms with Crippen LogP contribution in [0.5, 0.6) is 0 Å². The molecule has 9 heteroatoms. The van der Waals surface area contributed by atoms with Gasteiger partial charge in [-0.15, -0.1) is 0 Å². The Balaban J connectivity index is 1.93. The van der Waals surface area contributed by atoms with Crippen molar-refractivity contribution in [3.8, 4) is 0 Å². The molecule has 1 heterocycles. The molecule has 2 aromatic carbocycles. The summed E-state index contributed by atoms with van der Waals surface area (Å²) in [6, 6.07) is 13.9. The number of nitrogens with zero attached hydrogens (tertiary/aromatic N) is 1. The lowest BCUT2D eigenvalue weighted by Gasteiger charge is -2.30. The molecule has 154 valence electrons. The van der Waals surface area contributed by atoms with Crippen molar-refractivity contribution in [2.24, 2.45) is 5.92 Å². The number of carbonyl (C=O) groups is 2. The first-order valence-electron chi connectivity index (χ1n) is 8.85. The predicted octanol–water partition coefficient (Wildman–Crippen LogP) is 3.36. The highest BCUT2D eigenvalue weighted by molar-refractivity contribution is 7.89. The van der Waals surface area contributed by atoms with Gasteiger partial charge in [0.25, 0.3) is 10.0 Å². The van der Waals surface area contributed by atoms with E-state index in [4.69, 9.17) is 0 Å². The van der Waals surface area contributed by atoms with Crippen LogP contribution in [0.15, 0.2) is 83.4 Å². The van der Waals surface area contributed by atoms with Gasteiger partial charge in [0, 0.05) is 6.20 Å². The monoisotopic (exact) mass is 433 g/mol. The second kappa shape index (κ2) is 6.94. The summed E-state index contributed by atoms with van der Waals surface area (Å²) < 4.78 is 67.2. The normalized spacial score (nSPS) is 21.9. The Morgan fingerprint density at radius 2 is 1.43 bits per heavy atom. The van der Waals surface area contributed by atoms with E-state index in [1.54, 1.807) is 36.4 Å². The molecule has 0 fully saturated rings. The van der Waals surface area contributed by atoms with Crippen LogP contribution in [0, 0.1) is 5.92 Å². The molecule has 30 heavy (non-hydrogen) atoms. The van der Waals surface area contributed by atoms with Crippen molar-refractivity contribution in [1.29, 1.82) is 0 Å². The van der Waals surface area contributed by atoms with Gasteiger partial charge in [-0.05, 0) is 29.3 Å². The van der Waals surface area contributed by atoms with Gasteiger partial charge in [-0.25, -0.2) is 8.42 Å². The fourth-order valence-electron chi connectivity index (χ4n) is 3.67. The highest BCUT2D eigenvalue weighted by Crippen LogP contribution is 2.44. The molecule has 0 spiro atoms. The Morgan fingerprint density at radius 1 is 0.867 bits per heavy atom. The minimum Gasteiger partial charge on any atom is -0.290 e. The van der Waals surface area contributed by atoms with E-state index in [1.807, 2.05) is 0 Å². The number of carbonyl (C=O) groups excluding carboxylic acids is 2. The van der Waals surface area contributed by atoms with Crippen molar-refractivity contribution >= 4 is 27.2 Å². The van der Waals surface area contributed by atoms with Gasteiger partial charge in [-0.3, -0.25) is 13.9 Å². The molecule has 0 radical (unpaired) electrons. The minimum absolute atomic E-state index is 0.138. The van der Waals surface area contributed by atoms with Gasteiger partial charge in [0.2, 0.25) is 11.6 Å². The average molecular weight is 433 g/mol. The van der Waals surface area contributed by atoms with Crippen molar-refractivity contribution in [1.82, 2.24) is 4.31 Å². The molecule has 0 N–H and O–H groups in total. The maximum absolute atomic E-state index is 13.4. The van der Waals surface area contributed by atoms with E-state index in [1.165, 1.54) is 24.3 Å². The molecule has 2 atom stereocenters. The second-order valence-corrected chi connectivity index (χ2v) is 8.68. The van der Waals surface area contributed by atoms with Gasteiger partial charge in [0.05, 0.1) is 16.9 Å². The summed E-state index contributed by atoms with van der Waals surface area (Å²) in [5.41, 5.74) is -1.02. The van der Waals surface area contributed by atoms with Gasteiger partial charge in [-0.1, -0.05) is 48.5 Å². The van der Waals surface area contributed by atoms with Crippen molar-refractivity contribution < 1.29 is 31.2 Å². The Hall–Kier alpha value is -3.20. The smallest absolute Gasteiger partial charge is 0.290 e. The van der Waals surface area contributed by atoms with E-state index < -0.39 is 45.3 Å². The molecule has 2 aromatic rings. The number of sulfonamides is 1. The predicted molar refractivity (Wildman–Crippen MR) is 101 cm³/mol. The highest BCUT2D eigenvalue weighted by atomic mass is 32.2. The second-order valence-electron chi connectivity index (χ2n) is 6.84. The number of rotatable bonds is 3.